The Hall–Kier alpha value is -3.08. The van der Waals surface area contributed by atoms with Gasteiger partial charge in [0, 0.05) is 30.7 Å². The summed E-state index contributed by atoms with van der Waals surface area (Å²) in [7, 11) is 1.97. The van der Waals surface area contributed by atoms with Gasteiger partial charge in [-0.2, -0.15) is 0 Å². The molecule has 4 aromatic rings. The number of aromatic nitrogens is 3. The fraction of sp³-hybridized carbons (Fsp3) is 0.158. The Morgan fingerprint density at radius 3 is 3.04 bits per heavy atom. The lowest BCUT2D eigenvalue weighted by Crippen LogP contribution is -2.24. The molecule has 0 atom stereocenters. The zero-order chi connectivity index (χ0) is 16.5. The second-order valence-corrected chi connectivity index (χ2v) is 5.99. The Morgan fingerprint density at radius 1 is 1.25 bits per heavy atom. The topological polar surface area (TPSA) is 62.7 Å². The van der Waals surface area contributed by atoms with Gasteiger partial charge in [0.25, 0.3) is 0 Å². The van der Waals surface area contributed by atoms with Crippen LogP contribution in [0, 0.1) is 0 Å². The molecular formula is C19H18N4O. The van der Waals surface area contributed by atoms with E-state index in [2.05, 4.69) is 15.3 Å². The Morgan fingerprint density at radius 2 is 2.12 bits per heavy atom. The highest BCUT2D eigenvalue weighted by Gasteiger charge is 2.09. The predicted molar refractivity (Wildman–Crippen MR) is 94.6 cm³/mol. The van der Waals surface area contributed by atoms with Crippen molar-refractivity contribution in [3.05, 3.63) is 66.1 Å². The molecule has 0 aliphatic rings. The smallest absolute Gasteiger partial charge is 0.224 e. The van der Waals surface area contributed by atoms with E-state index in [0.29, 0.717) is 13.0 Å². The van der Waals surface area contributed by atoms with E-state index in [0.717, 1.165) is 33.1 Å². The first kappa shape index (κ1) is 14.5. The molecule has 0 aliphatic heterocycles. The van der Waals surface area contributed by atoms with E-state index in [4.69, 9.17) is 0 Å². The first-order chi connectivity index (χ1) is 11.7. The van der Waals surface area contributed by atoms with Crippen molar-refractivity contribution in [3.8, 4) is 0 Å². The van der Waals surface area contributed by atoms with Crippen molar-refractivity contribution < 1.29 is 4.79 Å². The molecule has 24 heavy (non-hydrogen) atoms. The number of benzene rings is 2. The molecule has 2 aromatic carbocycles. The summed E-state index contributed by atoms with van der Waals surface area (Å²) in [5.41, 5.74) is 5.16. The van der Waals surface area contributed by atoms with Crippen LogP contribution in [0.2, 0.25) is 0 Å². The highest BCUT2D eigenvalue weighted by atomic mass is 16.1. The van der Waals surface area contributed by atoms with Crippen LogP contribution in [0.25, 0.3) is 21.9 Å². The highest BCUT2D eigenvalue weighted by molar-refractivity contribution is 5.88. The number of hydrogen-bond donors (Lipinski definition) is 2. The van der Waals surface area contributed by atoms with Gasteiger partial charge in [-0.1, -0.05) is 24.3 Å². The molecule has 1 amide bonds. The number of rotatable bonds is 4. The fourth-order valence-corrected chi connectivity index (χ4v) is 3.01. The third-order valence-corrected chi connectivity index (χ3v) is 4.31. The summed E-state index contributed by atoms with van der Waals surface area (Å²) in [6.45, 7) is 0.508. The van der Waals surface area contributed by atoms with E-state index in [9.17, 15) is 4.79 Å². The lowest BCUT2D eigenvalue weighted by atomic mass is 10.1. The van der Waals surface area contributed by atoms with E-state index in [1.807, 2.05) is 60.3 Å². The number of nitrogens with one attached hydrogen (secondary N) is 2. The normalized spacial score (nSPS) is 11.2. The summed E-state index contributed by atoms with van der Waals surface area (Å²) in [6, 6.07) is 14.1. The maximum atomic E-state index is 12.3. The third-order valence-electron chi connectivity index (χ3n) is 4.31. The van der Waals surface area contributed by atoms with Crippen LogP contribution in [0.5, 0.6) is 0 Å². The number of carbonyl (C=O) groups excluding carboxylic acids is 1. The van der Waals surface area contributed by atoms with Crippen LogP contribution >= 0.6 is 0 Å². The zero-order valence-corrected chi connectivity index (χ0v) is 13.4. The number of aryl methyl sites for hydroxylation is 1. The summed E-state index contributed by atoms with van der Waals surface area (Å²) in [5.74, 6) is 0.0147. The molecule has 2 N–H and O–H groups in total. The Labute approximate surface area is 139 Å². The van der Waals surface area contributed by atoms with Gasteiger partial charge >= 0.3 is 0 Å². The molecule has 4 rings (SSSR count). The standard InChI is InChI=1S/C19H18N4O/c1-23-12-22-17-8-13(6-7-18(17)23)10-21-19(24)9-14-11-20-16-5-3-2-4-15(14)16/h2-8,11-12,20H,9-10H2,1H3,(H,21,24). The van der Waals surface area contributed by atoms with Crippen LogP contribution in [0.15, 0.2) is 55.0 Å². The summed E-state index contributed by atoms with van der Waals surface area (Å²) < 4.78 is 1.98. The zero-order valence-electron chi connectivity index (χ0n) is 13.4. The van der Waals surface area contributed by atoms with Gasteiger partial charge in [0.1, 0.15) is 0 Å². The highest BCUT2D eigenvalue weighted by Crippen LogP contribution is 2.18. The first-order valence-corrected chi connectivity index (χ1v) is 7.92. The molecular weight excluding hydrogens is 300 g/mol. The van der Waals surface area contributed by atoms with Crippen molar-refractivity contribution in [2.75, 3.05) is 0 Å². The van der Waals surface area contributed by atoms with Crippen LogP contribution in [-0.2, 0) is 24.8 Å². The number of para-hydroxylation sites is 1. The molecule has 0 unspecified atom stereocenters. The molecule has 0 saturated heterocycles. The quantitative estimate of drug-likeness (QED) is 0.608. The van der Waals surface area contributed by atoms with E-state index >= 15 is 0 Å². The van der Waals surface area contributed by atoms with Gasteiger partial charge in [-0.15, -0.1) is 0 Å². The van der Waals surface area contributed by atoms with Crippen molar-refractivity contribution in [3.63, 3.8) is 0 Å². The molecule has 0 aliphatic carbocycles. The van der Waals surface area contributed by atoms with Crippen LogP contribution in [0.3, 0.4) is 0 Å². The predicted octanol–water partition coefficient (Wildman–Crippen LogP) is 2.91. The summed E-state index contributed by atoms with van der Waals surface area (Å²) in [6.07, 6.45) is 4.07. The molecule has 2 aromatic heterocycles. The number of amides is 1. The number of aromatic amines is 1. The minimum Gasteiger partial charge on any atom is -0.361 e. The van der Waals surface area contributed by atoms with Gasteiger partial charge in [-0.05, 0) is 29.3 Å². The van der Waals surface area contributed by atoms with Crippen molar-refractivity contribution in [2.24, 2.45) is 7.05 Å². The third kappa shape index (κ3) is 2.65. The van der Waals surface area contributed by atoms with Gasteiger partial charge in [0.05, 0.1) is 23.8 Å². The van der Waals surface area contributed by atoms with Crippen LogP contribution in [-0.4, -0.2) is 20.4 Å². The van der Waals surface area contributed by atoms with Crippen LogP contribution in [0.4, 0.5) is 0 Å². The van der Waals surface area contributed by atoms with Gasteiger partial charge in [0.15, 0.2) is 0 Å². The van der Waals surface area contributed by atoms with E-state index in [-0.39, 0.29) is 5.91 Å². The number of H-pyrrole nitrogens is 1. The average molecular weight is 318 g/mol. The second-order valence-electron chi connectivity index (χ2n) is 5.99. The van der Waals surface area contributed by atoms with Crippen molar-refractivity contribution in [1.82, 2.24) is 19.9 Å². The minimum absolute atomic E-state index is 0.0147. The maximum absolute atomic E-state index is 12.3. The molecule has 5 nitrogen and oxygen atoms in total. The fourth-order valence-electron chi connectivity index (χ4n) is 3.01. The molecule has 120 valence electrons. The summed E-state index contributed by atoms with van der Waals surface area (Å²) in [5, 5.41) is 4.09. The van der Waals surface area contributed by atoms with Gasteiger partial charge in [-0.3, -0.25) is 4.79 Å². The molecule has 5 heteroatoms. The second kappa shape index (κ2) is 5.85. The van der Waals surface area contributed by atoms with Crippen LogP contribution < -0.4 is 5.32 Å². The summed E-state index contributed by atoms with van der Waals surface area (Å²) in [4.78, 5) is 19.8. The lowest BCUT2D eigenvalue weighted by molar-refractivity contribution is -0.120. The number of carbonyl (C=O) groups is 1. The largest absolute Gasteiger partial charge is 0.361 e. The molecule has 0 saturated carbocycles. The number of imidazole rings is 1. The average Bonchev–Trinajstić information content (AvgIpc) is 3.17. The minimum atomic E-state index is 0.0147. The Bertz CT molecular complexity index is 1030. The maximum Gasteiger partial charge on any atom is 0.224 e. The van der Waals surface area contributed by atoms with Crippen molar-refractivity contribution >= 4 is 27.8 Å². The van der Waals surface area contributed by atoms with Crippen molar-refractivity contribution in [1.29, 1.82) is 0 Å². The monoisotopic (exact) mass is 318 g/mol. The Kier molecular flexibility index (Phi) is 3.54. The lowest BCUT2D eigenvalue weighted by Gasteiger charge is -2.05. The molecule has 0 fully saturated rings. The van der Waals surface area contributed by atoms with E-state index in [1.165, 1.54) is 0 Å². The van der Waals surface area contributed by atoms with E-state index in [1.54, 1.807) is 6.33 Å². The molecule has 0 radical (unpaired) electrons. The summed E-state index contributed by atoms with van der Waals surface area (Å²) >= 11 is 0. The van der Waals surface area contributed by atoms with Crippen molar-refractivity contribution in [2.45, 2.75) is 13.0 Å². The van der Waals surface area contributed by atoms with Crippen LogP contribution in [0.1, 0.15) is 11.1 Å². The van der Waals surface area contributed by atoms with Gasteiger partial charge in [0.2, 0.25) is 5.91 Å². The molecule has 0 bridgehead atoms. The van der Waals surface area contributed by atoms with Gasteiger partial charge < -0.3 is 14.9 Å². The van der Waals surface area contributed by atoms with E-state index < -0.39 is 0 Å². The number of fused-ring (bicyclic) bond motifs is 2. The molecule has 0 spiro atoms. The van der Waals surface area contributed by atoms with Gasteiger partial charge in [-0.25, -0.2) is 4.98 Å². The number of hydrogen-bond acceptors (Lipinski definition) is 2. The Balaban J connectivity index is 1.44. The molecule has 2 heterocycles. The number of nitrogens with zero attached hydrogens (tertiary/aromatic N) is 2. The first-order valence-electron chi connectivity index (χ1n) is 7.92. The SMILES string of the molecule is Cn1cnc2cc(CNC(=O)Cc3c[nH]c4ccccc34)ccc21.